The van der Waals surface area contributed by atoms with E-state index in [9.17, 15) is 4.79 Å². The van der Waals surface area contributed by atoms with Crippen LogP contribution in [0.25, 0.3) is 0 Å². The van der Waals surface area contributed by atoms with Gasteiger partial charge in [-0.15, -0.1) is 5.10 Å². The van der Waals surface area contributed by atoms with Crippen LogP contribution in [0.3, 0.4) is 0 Å². The molecular formula is C16H20N6O. The van der Waals surface area contributed by atoms with Crippen molar-refractivity contribution in [2.24, 2.45) is 0 Å². The second kappa shape index (κ2) is 7.04. The van der Waals surface area contributed by atoms with Crippen LogP contribution >= 0.6 is 0 Å². The lowest BCUT2D eigenvalue weighted by molar-refractivity contribution is -0.114. The van der Waals surface area contributed by atoms with Gasteiger partial charge in [0, 0.05) is 24.3 Å². The molecule has 1 amide bonds. The number of rotatable bonds is 5. The van der Waals surface area contributed by atoms with Gasteiger partial charge in [-0.3, -0.25) is 4.79 Å². The number of nitrogens with zero attached hydrogens (tertiary/aromatic N) is 3. The van der Waals surface area contributed by atoms with E-state index in [0.29, 0.717) is 17.8 Å². The van der Waals surface area contributed by atoms with Gasteiger partial charge in [-0.1, -0.05) is 18.9 Å². The molecule has 0 aliphatic heterocycles. The molecule has 0 atom stereocenters. The van der Waals surface area contributed by atoms with Crippen LogP contribution in [-0.4, -0.2) is 27.1 Å². The zero-order valence-corrected chi connectivity index (χ0v) is 13.0. The molecule has 3 rings (SSSR count). The van der Waals surface area contributed by atoms with Gasteiger partial charge in [-0.05, 0) is 31.0 Å². The van der Waals surface area contributed by atoms with Gasteiger partial charge in [0.1, 0.15) is 0 Å². The molecule has 0 radical (unpaired) electrons. The lowest BCUT2D eigenvalue weighted by atomic mass is 10.2. The monoisotopic (exact) mass is 312 g/mol. The maximum Gasteiger partial charge on any atom is 0.244 e. The summed E-state index contributed by atoms with van der Waals surface area (Å²) < 4.78 is 0. The van der Waals surface area contributed by atoms with Gasteiger partial charge < -0.3 is 16.0 Å². The number of hydrogen-bond donors (Lipinski definition) is 3. The smallest absolute Gasteiger partial charge is 0.244 e. The standard InChI is InChI=1S/C16H20N6O/c1-11(23)18-13-7-4-8-14(9-13)19-15-10-17-22-16(21-15)20-12-5-2-3-6-12/h4,7-10,12H,2-3,5-6H2,1H3,(H,18,23)(H2,19,20,21,22). The summed E-state index contributed by atoms with van der Waals surface area (Å²) >= 11 is 0. The molecule has 2 aromatic rings. The molecular weight excluding hydrogens is 292 g/mol. The molecule has 1 aliphatic rings. The Morgan fingerprint density at radius 3 is 2.78 bits per heavy atom. The summed E-state index contributed by atoms with van der Waals surface area (Å²) in [7, 11) is 0. The minimum atomic E-state index is -0.103. The van der Waals surface area contributed by atoms with Gasteiger partial charge in [0.05, 0.1) is 6.20 Å². The lowest BCUT2D eigenvalue weighted by Gasteiger charge is -2.12. The van der Waals surface area contributed by atoms with Crippen LogP contribution < -0.4 is 16.0 Å². The summed E-state index contributed by atoms with van der Waals surface area (Å²) in [5.74, 6) is 1.05. The summed E-state index contributed by atoms with van der Waals surface area (Å²) in [5, 5.41) is 17.3. The van der Waals surface area contributed by atoms with E-state index in [2.05, 4.69) is 31.1 Å². The fraction of sp³-hybridized carbons (Fsp3) is 0.375. The molecule has 1 aromatic heterocycles. The molecule has 0 spiro atoms. The Bertz CT molecular complexity index is 684. The molecule has 1 heterocycles. The molecule has 1 aromatic carbocycles. The molecule has 1 saturated carbocycles. The van der Waals surface area contributed by atoms with Gasteiger partial charge in [-0.2, -0.15) is 10.1 Å². The summed E-state index contributed by atoms with van der Waals surface area (Å²) in [6.07, 6.45) is 6.38. The third-order valence-corrected chi connectivity index (χ3v) is 3.70. The molecule has 1 fully saturated rings. The Morgan fingerprint density at radius 1 is 1.22 bits per heavy atom. The highest BCUT2D eigenvalue weighted by atomic mass is 16.1. The molecule has 0 unspecified atom stereocenters. The normalized spacial score (nSPS) is 14.5. The van der Waals surface area contributed by atoms with Crippen LogP contribution in [0.15, 0.2) is 30.5 Å². The molecule has 1 aliphatic carbocycles. The number of hydrogen-bond acceptors (Lipinski definition) is 6. The fourth-order valence-corrected chi connectivity index (χ4v) is 2.70. The number of anilines is 4. The maximum atomic E-state index is 11.1. The van der Waals surface area contributed by atoms with Crippen molar-refractivity contribution in [3.63, 3.8) is 0 Å². The van der Waals surface area contributed by atoms with Crippen molar-refractivity contribution >= 4 is 29.0 Å². The van der Waals surface area contributed by atoms with E-state index < -0.39 is 0 Å². The number of carbonyl (C=O) groups is 1. The summed E-state index contributed by atoms with van der Waals surface area (Å²) in [5.41, 5.74) is 1.55. The SMILES string of the molecule is CC(=O)Nc1cccc(Nc2cnnc(NC3CCCC3)n2)c1. The van der Waals surface area contributed by atoms with Crippen molar-refractivity contribution < 1.29 is 4.79 Å². The maximum absolute atomic E-state index is 11.1. The molecule has 120 valence electrons. The van der Waals surface area contributed by atoms with Crippen molar-refractivity contribution in [3.8, 4) is 0 Å². The third-order valence-electron chi connectivity index (χ3n) is 3.70. The van der Waals surface area contributed by atoms with Crippen molar-refractivity contribution in [1.82, 2.24) is 15.2 Å². The first-order valence-electron chi connectivity index (χ1n) is 7.80. The van der Waals surface area contributed by atoms with E-state index in [4.69, 9.17) is 0 Å². The summed E-state index contributed by atoms with van der Waals surface area (Å²) in [4.78, 5) is 15.6. The number of amides is 1. The Kier molecular flexibility index (Phi) is 4.65. The molecule has 23 heavy (non-hydrogen) atoms. The molecule has 3 N–H and O–H groups in total. The van der Waals surface area contributed by atoms with Gasteiger partial charge in [0.2, 0.25) is 11.9 Å². The molecule has 7 heteroatoms. The zero-order chi connectivity index (χ0) is 16.1. The first kappa shape index (κ1) is 15.2. The van der Waals surface area contributed by atoms with Crippen LogP contribution in [0.2, 0.25) is 0 Å². The van der Waals surface area contributed by atoms with Crippen LogP contribution in [0.5, 0.6) is 0 Å². The van der Waals surface area contributed by atoms with Crippen molar-refractivity contribution in [2.75, 3.05) is 16.0 Å². The molecule has 0 bridgehead atoms. The highest BCUT2D eigenvalue weighted by molar-refractivity contribution is 5.89. The Hall–Kier alpha value is -2.70. The largest absolute Gasteiger partial charge is 0.350 e. The van der Waals surface area contributed by atoms with Crippen molar-refractivity contribution in [2.45, 2.75) is 38.6 Å². The molecule has 7 nitrogen and oxygen atoms in total. The Balaban J connectivity index is 1.68. The van der Waals surface area contributed by atoms with E-state index in [1.807, 2.05) is 24.3 Å². The van der Waals surface area contributed by atoms with Gasteiger partial charge >= 0.3 is 0 Å². The Labute approximate surface area is 134 Å². The summed E-state index contributed by atoms with van der Waals surface area (Å²) in [6.45, 7) is 1.48. The average molecular weight is 312 g/mol. The second-order valence-electron chi connectivity index (χ2n) is 5.68. The number of benzene rings is 1. The van der Waals surface area contributed by atoms with Gasteiger partial charge in [-0.25, -0.2) is 0 Å². The van der Waals surface area contributed by atoms with Crippen LogP contribution in [0.1, 0.15) is 32.6 Å². The first-order valence-corrected chi connectivity index (χ1v) is 7.80. The van der Waals surface area contributed by atoms with Crippen LogP contribution in [0, 0.1) is 0 Å². The highest BCUT2D eigenvalue weighted by Crippen LogP contribution is 2.22. The summed E-state index contributed by atoms with van der Waals surface area (Å²) in [6, 6.07) is 7.87. The first-order chi connectivity index (χ1) is 11.2. The van der Waals surface area contributed by atoms with Crippen LogP contribution in [0.4, 0.5) is 23.1 Å². The van der Waals surface area contributed by atoms with E-state index in [-0.39, 0.29) is 5.91 Å². The van der Waals surface area contributed by atoms with E-state index >= 15 is 0 Å². The Morgan fingerprint density at radius 2 is 2.00 bits per heavy atom. The van der Waals surface area contributed by atoms with E-state index in [1.54, 1.807) is 6.20 Å². The predicted octanol–water partition coefficient (Wildman–Crippen LogP) is 2.93. The van der Waals surface area contributed by atoms with Crippen LogP contribution in [-0.2, 0) is 4.79 Å². The fourth-order valence-electron chi connectivity index (χ4n) is 2.70. The van der Waals surface area contributed by atoms with Crippen molar-refractivity contribution in [1.29, 1.82) is 0 Å². The number of nitrogens with one attached hydrogen (secondary N) is 3. The number of carbonyl (C=O) groups excluding carboxylic acids is 1. The van der Waals surface area contributed by atoms with E-state index in [0.717, 1.165) is 24.2 Å². The quantitative estimate of drug-likeness (QED) is 0.786. The van der Waals surface area contributed by atoms with Gasteiger partial charge in [0.15, 0.2) is 5.82 Å². The average Bonchev–Trinajstić information content (AvgIpc) is 3.00. The second-order valence-corrected chi connectivity index (χ2v) is 5.68. The zero-order valence-electron chi connectivity index (χ0n) is 13.0. The van der Waals surface area contributed by atoms with Crippen molar-refractivity contribution in [3.05, 3.63) is 30.5 Å². The highest BCUT2D eigenvalue weighted by Gasteiger charge is 2.15. The third kappa shape index (κ3) is 4.38. The topological polar surface area (TPSA) is 91.8 Å². The minimum absolute atomic E-state index is 0.103. The predicted molar refractivity (Wildman–Crippen MR) is 89.7 cm³/mol. The minimum Gasteiger partial charge on any atom is -0.350 e. The lowest BCUT2D eigenvalue weighted by Crippen LogP contribution is -2.17. The molecule has 0 saturated heterocycles. The van der Waals surface area contributed by atoms with Gasteiger partial charge in [0.25, 0.3) is 0 Å². The van der Waals surface area contributed by atoms with E-state index in [1.165, 1.54) is 19.8 Å². The number of aromatic nitrogens is 3.